The molecule has 4 rings (SSSR count). The van der Waals surface area contributed by atoms with E-state index in [-0.39, 0.29) is 17.4 Å². The number of carbonyl (C=O) groups excluding carboxylic acids is 2. The Morgan fingerprint density at radius 2 is 1.78 bits per heavy atom. The Bertz CT molecular complexity index is 1250. The highest BCUT2D eigenvalue weighted by atomic mass is 16.5. The van der Waals surface area contributed by atoms with E-state index in [1.54, 1.807) is 42.3 Å². The first-order valence-electron chi connectivity index (χ1n) is 10.3. The van der Waals surface area contributed by atoms with Crippen LogP contribution in [0.25, 0.3) is 22.3 Å². The second-order valence-electron chi connectivity index (χ2n) is 7.04. The zero-order valence-electron chi connectivity index (χ0n) is 18.0. The third-order valence-electron chi connectivity index (χ3n) is 5.20. The van der Waals surface area contributed by atoms with Crippen LogP contribution in [-0.4, -0.2) is 42.1 Å². The lowest BCUT2D eigenvalue weighted by molar-refractivity contribution is 0.0745. The molecule has 0 aliphatic carbocycles. The highest BCUT2D eigenvalue weighted by molar-refractivity contribution is 6.14. The summed E-state index contributed by atoms with van der Waals surface area (Å²) >= 11 is 0. The van der Waals surface area contributed by atoms with Crippen LogP contribution in [-0.2, 0) is 0 Å². The summed E-state index contributed by atoms with van der Waals surface area (Å²) in [4.78, 5) is 27.6. The first-order chi connectivity index (χ1) is 15.5. The molecule has 0 saturated carbocycles. The number of rotatable bonds is 7. The number of hydrogen-bond acceptors (Lipinski definition) is 6. The number of hydrogen-bond donors (Lipinski definition) is 1. The summed E-state index contributed by atoms with van der Waals surface area (Å²) in [7, 11) is 1.59. The Hall–Kier alpha value is -4.07. The number of furan rings is 1. The number of para-hydroxylation sites is 1. The van der Waals surface area contributed by atoms with E-state index < -0.39 is 5.91 Å². The molecular formula is C24H23N3O5. The molecule has 8 nitrogen and oxygen atoms in total. The normalized spacial score (nSPS) is 10.8. The third kappa shape index (κ3) is 3.94. The van der Waals surface area contributed by atoms with Gasteiger partial charge < -0.3 is 23.9 Å². The van der Waals surface area contributed by atoms with Crippen LogP contribution in [0.2, 0.25) is 0 Å². The van der Waals surface area contributed by atoms with Gasteiger partial charge in [0.25, 0.3) is 11.8 Å². The van der Waals surface area contributed by atoms with Crippen LogP contribution in [0.1, 0.15) is 34.9 Å². The summed E-state index contributed by atoms with van der Waals surface area (Å²) in [5, 5.41) is 7.32. The van der Waals surface area contributed by atoms with Crippen molar-refractivity contribution in [3.63, 3.8) is 0 Å². The summed E-state index contributed by atoms with van der Waals surface area (Å²) in [6.07, 6.45) is 0. The first kappa shape index (κ1) is 21.2. The maximum Gasteiger partial charge on any atom is 0.291 e. The number of amides is 2. The van der Waals surface area contributed by atoms with Crippen molar-refractivity contribution < 1.29 is 23.3 Å². The molecule has 164 valence electrons. The fourth-order valence-corrected chi connectivity index (χ4v) is 3.43. The topological polar surface area (TPSA) is 97.8 Å². The molecule has 1 N–H and O–H groups in total. The van der Waals surface area contributed by atoms with E-state index in [2.05, 4.69) is 10.5 Å². The molecule has 0 spiro atoms. The van der Waals surface area contributed by atoms with Gasteiger partial charge in [0.1, 0.15) is 17.0 Å². The Kier molecular flexibility index (Phi) is 5.93. The zero-order chi connectivity index (χ0) is 22.7. The minimum atomic E-state index is -0.506. The number of methoxy groups -OCH3 is 1. The second-order valence-corrected chi connectivity index (χ2v) is 7.04. The molecule has 0 aliphatic heterocycles. The fraction of sp³-hybridized carbons (Fsp3) is 0.208. The van der Waals surface area contributed by atoms with Crippen molar-refractivity contribution >= 4 is 28.5 Å². The second kappa shape index (κ2) is 8.97. The van der Waals surface area contributed by atoms with Crippen LogP contribution in [0.15, 0.2) is 63.5 Å². The Labute approximate surface area is 184 Å². The Morgan fingerprint density at radius 1 is 1.06 bits per heavy atom. The van der Waals surface area contributed by atoms with Crippen molar-refractivity contribution in [3.8, 4) is 17.1 Å². The average molecular weight is 433 g/mol. The first-order valence-corrected chi connectivity index (χ1v) is 10.3. The highest BCUT2D eigenvalue weighted by Crippen LogP contribution is 2.32. The smallest absolute Gasteiger partial charge is 0.291 e. The molecule has 0 fully saturated rings. The number of nitrogens with one attached hydrogen (secondary N) is 1. The van der Waals surface area contributed by atoms with E-state index in [9.17, 15) is 9.59 Å². The molecular weight excluding hydrogens is 410 g/mol. The van der Waals surface area contributed by atoms with E-state index in [1.165, 1.54) is 0 Å². The van der Waals surface area contributed by atoms with Crippen LogP contribution in [0.5, 0.6) is 5.75 Å². The van der Waals surface area contributed by atoms with Gasteiger partial charge in [0.05, 0.1) is 7.11 Å². The Balaban J connectivity index is 1.64. The average Bonchev–Trinajstić information content (AvgIpc) is 3.46. The van der Waals surface area contributed by atoms with Gasteiger partial charge in [0.2, 0.25) is 5.76 Å². The molecule has 0 atom stereocenters. The van der Waals surface area contributed by atoms with Gasteiger partial charge in [0.15, 0.2) is 11.5 Å². The van der Waals surface area contributed by atoms with E-state index in [0.717, 1.165) is 5.56 Å². The minimum absolute atomic E-state index is 0.0853. The van der Waals surface area contributed by atoms with Crippen LogP contribution in [0.4, 0.5) is 5.69 Å². The molecule has 2 amide bonds. The summed E-state index contributed by atoms with van der Waals surface area (Å²) in [5.41, 5.74) is 1.67. The van der Waals surface area contributed by atoms with Crippen molar-refractivity contribution in [2.45, 2.75) is 13.8 Å². The largest absolute Gasteiger partial charge is 0.497 e. The number of benzene rings is 2. The summed E-state index contributed by atoms with van der Waals surface area (Å²) < 4.78 is 16.3. The number of fused-ring (bicyclic) bond motifs is 1. The molecule has 4 aromatic rings. The van der Waals surface area contributed by atoms with Crippen LogP contribution in [0.3, 0.4) is 0 Å². The van der Waals surface area contributed by atoms with Gasteiger partial charge in [-0.3, -0.25) is 9.59 Å². The van der Waals surface area contributed by atoms with Crippen molar-refractivity contribution in [1.29, 1.82) is 0 Å². The van der Waals surface area contributed by atoms with Gasteiger partial charge in [-0.15, -0.1) is 0 Å². The lowest BCUT2D eigenvalue weighted by Crippen LogP contribution is -2.31. The monoisotopic (exact) mass is 433 g/mol. The predicted octanol–water partition coefficient (Wildman–Crippen LogP) is 4.83. The standard InChI is InChI=1S/C24H23N3O5/c1-4-27(5-2)24(29)22-21(17-8-6-7-9-19(17)31-22)25-23(28)18-14-20(32-26-18)15-10-12-16(30-3)13-11-15/h6-14H,4-5H2,1-3H3,(H,25,28). The lowest BCUT2D eigenvalue weighted by atomic mass is 10.1. The number of anilines is 1. The predicted molar refractivity (Wildman–Crippen MR) is 120 cm³/mol. The zero-order valence-corrected chi connectivity index (χ0v) is 18.0. The van der Waals surface area contributed by atoms with Crippen LogP contribution >= 0.6 is 0 Å². The van der Waals surface area contributed by atoms with Crippen LogP contribution in [0, 0.1) is 0 Å². The van der Waals surface area contributed by atoms with E-state index >= 15 is 0 Å². The molecule has 2 aromatic carbocycles. The van der Waals surface area contributed by atoms with Gasteiger partial charge in [-0.05, 0) is 50.2 Å². The molecule has 32 heavy (non-hydrogen) atoms. The fourth-order valence-electron chi connectivity index (χ4n) is 3.43. The Morgan fingerprint density at radius 3 is 2.47 bits per heavy atom. The maximum absolute atomic E-state index is 13.0. The van der Waals surface area contributed by atoms with Gasteiger partial charge in [-0.25, -0.2) is 0 Å². The van der Waals surface area contributed by atoms with E-state index in [1.807, 2.05) is 38.1 Å². The molecule has 0 unspecified atom stereocenters. The minimum Gasteiger partial charge on any atom is -0.497 e. The molecule has 0 radical (unpaired) electrons. The van der Waals surface area contributed by atoms with Crippen molar-refractivity contribution in [3.05, 3.63) is 66.1 Å². The summed E-state index contributed by atoms with van der Waals surface area (Å²) in [6, 6.07) is 15.9. The maximum atomic E-state index is 13.0. The lowest BCUT2D eigenvalue weighted by Gasteiger charge is -2.17. The summed E-state index contributed by atoms with van der Waals surface area (Å²) in [5.74, 6) is 0.439. The van der Waals surface area contributed by atoms with Crippen molar-refractivity contribution in [2.75, 3.05) is 25.5 Å². The van der Waals surface area contributed by atoms with Crippen molar-refractivity contribution in [2.24, 2.45) is 0 Å². The number of aromatic nitrogens is 1. The molecule has 0 bridgehead atoms. The van der Waals surface area contributed by atoms with Crippen LogP contribution < -0.4 is 10.1 Å². The SMILES string of the molecule is CCN(CC)C(=O)c1oc2ccccc2c1NC(=O)c1cc(-c2ccc(OC)cc2)on1. The molecule has 8 heteroatoms. The molecule has 2 aromatic heterocycles. The van der Waals surface area contributed by atoms with Gasteiger partial charge in [-0.2, -0.15) is 0 Å². The van der Waals surface area contributed by atoms with Gasteiger partial charge in [0, 0.05) is 30.1 Å². The highest BCUT2D eigenvalue weighted by Gasteiger charge is 2.26. The van der Waals surface area contributed by atoms with E-state index in [4.69, 9.17) is 13.7 Å². The number of carbonyl (C=O) groups is 2. The number of ether oxygens (including phenoxy) is 1. The van der Waals surface area contributed by atoms with E-state index in [0.29, 0.717) is 41.3 Å². The molecule has 0 aliphatic rings. The van der Waals surface area contributed by atoms with Gasteiger partial charge in [-0.1, -0.05) is 17.3 Å². The number of nitrogens with zero attached hydrogens (tertiary/aromatic N) is 2. The third-order valence-corrected chi connectivity index (χ3v) is 5.20. The quantitative estimate of drug-likeness (QED) is 0.448. The molecule has 0 saturated heterocycles. The summed E-state index contributed by atoms with van der Waals surface area (Å²) in [6.45, 7) is 4.82. The molecule has 2 heterocycles. The van der Waals surface area contributed by atoms with Gasteiger partial charge >= 0.3 is 0 Å². The van der Waals surface area contributed by atoms with Crippen molar-refractivity contribution in [1.82, 2.24) is 10.1 Å².